The number of aromatic nitrogens is 1. The van der Waals surface area contributed by atoms with E-state index in [1.54, 1.807) is 23.1 Å². The van der Waals surface area contributed by atoms with Crippen molar-refractivity contribution >= 4 is 60.1 Å². The van der Waals surface area contributed by atoms with Crippen molar-refractivity contribution in [2.75, 3.05) is 44.4 Å². The van der Waals surface area contributed by atoms with Gasteiger partial charge in [-0.15, -0.1) is 0 Å². The number of sulfonamides is 1. The molecule has 10 heteroatoms. The van der Waals surface area contributed by atoms with Crippen LogP contribution in [0, 0.1) is 0 Å². The minimum Gasteiger partial charge on any atom is -0.492 e. The molecule has 6 rings (SSSR count). The number of hydrogen-bond donors (Lipinski definition) is 0. The Bertz CT molecular complexity index is 1740. The topological polar surface area (TPSA) is 81.1 Å². The van der Waals surface area contributed by atoms with E-state index in [1.165, 1.54) is 4.31 Å². The van der Waals surface area contributed by atoms with E-state index < -0.39 is 10.0 Å². The van der Waals surface area contributed by atoms with Crippen molar-refractivity contribution in [1.29, 1.82) is 0 Å². The molecule has 3 aromatic carbocycles. The van der Waals surface area contributed by atoms with Crippen molar-refractivity contribution in [2.24, 2.45) is 0 Å². The Morgan fingerprint density at radius 3 is 2.56 bits per heavy atom. The van der Waals surface area contributed by atoms with Crippen LogP contribution in [0.25, 0.3) is 22.6 Å². The van der Waals surface area contributed by atoms with E-state index in [4.69, 9.17) is 9.47 Å². The van der Waals surface area contributed by atoms with Gasteiger partial charge in [0, 0.05) is 57.9 Å². The van der Waals surface area contributed by atoms with Gasteiger partial charge in [-0.2, -0.15) is 4.31 Å². The molecular weight excluding hydrogens is 606 g/mol. The van der Waals surface area contributed by atoms with Crippen LogP contribution in [0.1, 0.15) is 18.1 Å². The van der Waals surface area contributed by atoms with E-state index in [-0.39, 0.29) is 10.8 Å². The number of morpholine rings is 1. The summed E-state index contributed by atoms with van der Waals surface area (Å²) in [6.45, 7) is 4.84. The summed E-state index contributed by atoms with van der Waals surface area (Å²) in [7, 11) is -3.72. The van der Waals surface area contributed by atoms with Crippen LogP contribution >= 0.6 is 15.9 Å². The average Bonchev–Trinajstić information content (AvgIpc) is 3.46. The largest absolute Gasteiger partial charge is 0.492 e. The second kappa shape index (κ2) is 11.4. The first kappa shape index (κ1) is 27.7. The normalized spacial score (nSPS) is 17.0. The second-order valence-electron chi connectivity index (χ2n) is 9.90. The van der Waals surface area contributed by atoms with Crippen molar-refractivity contribution in [1.82, 2.24) is 8.87 Å². The number of benzene rings is 3. The van der Waals surface area contributed by atoms with Gasteiger partial charge in [0.25, 0.3) is 5.91 Å². The Morgan fingerprint density at radius 2 is 1.80 bits per heavy atom. The van der Waals surface area contributed by atoms with Gasteiger partial charge in [-0.1, -0.05) is 34.1 Å². The third-order valence-electron chi connectivity index (χ3n) is 7.47. The number of ether oxygens (including phenoxy) is 2. The molecule has 1 aromatic heterocycles. The molecule has 41 heavy (non-hydrogen) atoms. The lowest BCUT2D eigenvalue weighted by Crippen LogP contribution is -2.40. The maximum Gasteiger partial charge on any atom is 0.258 e. The maximum absolute atomic E-state index is 13.6. The van der Waals surface area contributed by atoms with Crippen molar-refractivity contribution in [3.8, 4) is 5.75 Å². The maximum atomic E-state index is 13.6. The smallest absolute Gasteiger partial charge is 0.258 e. The monoisotopic (exact) mass is 635 g/mol. The van der Waals surface area contributed by atoms with E-state index in [9.17, 15) is 13.2 Å². The first-order valence-electron chi connectivity index (χ1n) is 13.6. The summed E-state index contributed by atoms with van der Waals surface area (Å²) in [4.78, 5) is 15.5. The first-order chi connectivity index (χ1) is 19.9. The molecule has 0 unspecified atom stereocenters. The summed E-state index contributed by atoms with van der Waals surface area (Å²) in [5.74, 6) is 0.663. The zero-order valence-electron chi connectivity index (χ0n) is 22.6. The van der Waals surface area contributed by atoms with Gasteiger partial charge in [0.2, 0.25) is 10.0 Å². The van der Waals surface area contributed by atoms with E-state index in [0.29, 0.717) is 62.8 Å². The molecule has 4 aromatic rings. The molecule has 0 atom stereocenters. The van der Waals surface area contributed by atoms with Gasteiger partial charge in [-0.3, -0.25) is 4.79 Å². The van der Waals surface area contributed by atoms with Crippen LogP contribution in [0.2, 0.25) is 0 Å². The van der Waals surface area contributed by atoms with Gasteiger partial charge in [-0.05, 0) is 61.5 Å². The van der Waals surface area contributed by atoms with E-state index >= 15 is 0 Å². The molecule has 212 valence electrons. The molecule has 0 aliphatic carbocycles. The van der Waals surface area contributed by atoms with Crippen LogP contribution in [0.15, 0.2) is 82.3 Å². The molecule has 0 spiro atoms. The van der Waals surface area contributed by atoms with Gasteiger partial charge in [0.1, 0.15) is 12.4 Å². The van der Waals surface area contributed by atoms with E-state index in [1.807, 2.05) is 67.7 Å². The van der Waals surface area contributed by atoms with Crippen LogP contribution in [0.5, 0.6) is 5.75 Å². The molecule has 0 saturated carbocycles. The van der Waals surface area contributed by atoms with E-state index in [2.05, 4.69) is 20.5 Å². The number of fused-ring (bicyclic) bond motifs is 2. The molecular formula is C31H30BrN3O5S. The highest BCUT2D eigenvalue weighted by molar-refractivity contribution is 9.10. The fourth-order valence-electron chi connectivity index (χ4n) is 5.42. The van der Waals surface area contributed by atoms with Crippen LogP contribution < -0.4 is 9.64 Å². The minimum atomic E-state index is -3.72. The highest BCUT2D eigenvalue weighted by Crippen LogP contribution is 2.40. The van der Waals surface area contributed by atoms with E-state index in [0.717, 1.165) is 26.7 Å². The summed E-state index contributed by atoms with van der Waals surface area (Å²) in [5, 5.41) is 0.980. The Kier molecular flexibility index (Phi) is 7.74. The highest BCUT2D eigenvalue weighted by Gasteiger charge is 2.34. The van der Waals surface area contributed by atoms with Gasteiger partial charge in [-0.25, -0.2) is 8.42 Å². The molecule has 0 radical (unpaired) electrons. The predicted molar refractivity (Wildman–Crippen MR) is 163 cm³/mol. The van der Waals surface area contributed by atoms with Gasteiger partial charge in [0.15, 0.2) is 0 Å². The fourth-order valence-corrected chi connectivity index (χ4v) is 7.21. The SMILES string of the molecule is CCN1C(=O)/C(=C\c2cn(CCOc3ccccc3)c3ccc(Br)cc23)c2cc(S(=O)(=O)N3CCOCC3)ccc21. The Morgan fingerprint density at radius 1 is 1.02 bits per heavy atom. The number of para-hydroxylation sites is 1. The Hall–Kier alpha value is -3.44. The van der Waals surface area contributed by atoms with Crippen molar-refractivity contribution in [3.05, 3.63) is 88.5 Å². The van der Waals surface area contributed by atoms with Gasteiger partial charge < -0.3 is 18.9 Å². The molecule has 8 nitrogen and oxygen atoms in total. The second-order valence-corrected chi connectivity index (χ2v) is 12.8. The van der Waals surface area contributed by atoms with Crippen LogP contribution in [-0.4, -0.2) is 62.7 Å². The average molecular weight is 637 g/mol. The first-order valence-corrected chi connectivity index (χ1v) is 15.8. The lowest BCUT2D eigenvalue weighted by atomic mass is 10.0. The minimum absolute atomic E-state index is 0.147. The van der Waals surface area contributed by atoms with Gasteiger partial charge in [0.05, 0.1) is 30.3 Å². The number of likely N-dealkylation sites (N-methyl/N-ethyl adjacent to an activating group) is 1. The molecule has 3 heterocycles. The number of halogens is 1. The summed E-state index contributed by atoms with van der Waals surface area (Å²) in [5.41, 5.74) is 3.69. The van der Waals surface area contributed by atoms with Gasteiger partial charge >= 0.3 is 0 Å². The molecule has 0 N–H and O–H groups in total. The molecule has 1 amide bonds. The van der Waals surface area contributed by atoms with Crippen molar-refractivity contribution < 1.29 is 22.7 Å². The van der Waals surface area contributed by atoms with Crippen molar-refractivity contribution in [3.63, 3.8) is 0 Å². The summed E-state index contributed by atoms with van der Waals surface area (Å²) >= 11 is 3.59. The standard InChI is InChI=1S/C31H30BrN3O5S/c1-2-35-30-11-9-25(41(37,38)34-13-15-39-16-14-34)20-27(30)28(31(35)36)18-22-21-33(29-10-8-23(32)19-26(22)29)12-17-40-24-6-4-3-5-7-24/h3-11,18-21H,2,12-17H2,1H3/b28-18-. The number of carbonyl (C=O) groups excluding carboxylic acids is 1. The Labute approximate surface area is 247 Å². The lowest BCUT2D eigenvalue weighted by Gasteiger charge is -2.26. The van der Waals surface area contributed by atoms with Crippen LogP contribution in [0.3, 0.4) is 0 Å². The highest BCUT2D eigenvalue weighted by atomic mass is 79.9. The number of carbonyl (C=O) groups is 1. The lowest BCUT2D eigenvalue weighted by molar-refractivity contribution is -0.112. The number of nitrogens with zero attached hydrogens (tertiary/aromatic N) is 3. The van der Waals surface area contributed by atoms with Crippen LogP contribution in [-0.2, 0) is 26.1 Å². The number of anilines is 1. The molecule has 1 saturated heterocycles. The summed E-state index contributed by atoms with van der Waals surface area (Å²) < 4.78 is 42.6. The third-order valence-corrected chi connectivity index (χ3v) is 9.85. The molecule has 1 fully saturated rings. The quantitative estimate of drug-likeness (QED) is 0.242. The van der Waals surface area contributed by atoms with Crippen molar-refractivity contribution in [2.45, 2.75) is 18.4 Å². The molecule has 2 aliphatic rings. The Balaban J connectivity index is 1.39. The summed E-state index contributed by atoms with van der Waals surface area (Å²) in [6, 6.07) is 20.7. The molecule has 2 aliphatic heterocycles. The predicted octanol–water partition coefficient (Wildman–Crippen LogP) is 5.41. The third kappa shape index (κ3) is 5.32. The number of hydrogen-bond acceptors (Lipinski definition) is 5. The molecule has 0 bridgehead atoms. The van der Waals surface area contributed by atoms with Crippen LogP contribution in [0.4, 0.5) is 5.69 Å². The fraction of sp³-hybridized carbons (Fsp3) is 0.258. The zero-order valence-corrected chi connectivity index (χ0v) is 25.0. The zero-order chi connectivity index (χ0) is 28.6. The number of rotatable bonds is 8. The summed E-state index contributed by atoms with van der Waals surface area (Å²) in [6.07, 6.45) is 3.90. The number of amides is 1.